The molecule has 0 atom stereocenters. The molecule has 2 fully saturated rings. The maximum atomic E-state index is 12.3. The van der Waals surface area contributed by atoms with E-state index >= 15 is 0 Å². The predicted octanol–water partition coefficient (Wildman–Crippen LogP) is 0.860. The van der Waals surface area contributed by atoms with Crippen molar-refractivity contribution < 1.29 is 5.11 Å². The van der Waals surface area contributed by atoms with Crippen molar-refractivity contribution in [2.45, 2.75) is 38.8 Å². The second-order valence-corrected chi connectivity index (χ2v) is 6.34. The van der Waals surface area contributed by atoms with E-state index in [0.29, 0.717) is 37.3 Å². The third kappa shape index (κ3) is 2.27. The number of aromatic nitrogens is 2. The predicted molar refractivity (Wildman–Crippen MR) is 73.2 cm³/mol. The van der Waals surface area contributed by atoms with Crippen LogP contribution in [0, 0.1) is 11.8 Å². The lowest BCUT2D eigenvalue weighted by atomic mass is 9.89. The second kappa shape index (κ2) is 4.34. The summed E-state index contributed by atoms with van der Waals surface area (Å²) in [4.78, 5) is 18.4. The Labute approximate surface area is 112 Å². The van der Waals surface area contributed by atoms with Gasteiger partial charge in [-0.05, 0) is 24.7 Å². The molecule has 0 spiro atoms. The summed E-state index contributed by atoms with van der Waals surface area (Å²) in [5.41, 5.74) is -0.624. The number of hydrogen-bond donors (Lipinski definition) is 1. The highest BCUT2D eigenvalue weighted by Crippen LogP contribution is 2.44. The van der Waals surface area contributed by atoms with Crippen LogP contribution in [0.15, 0.2) is 17.2 Å². The third-order valence-corrected chi connectivity index (χ3v) is 4.02. The van der Waals surface area contributed by atoms with Crippen LogP contribution in [-0.4, -0.2) is 33.3 Å². The van der Waals surface area contributed by atoms with Crippen LogP contribution in [-0.2, 0) is 6.54 Å². The molecule has 1 saturated heterocycles. The summed E-state index contributed by atoms with van der Waals surface area (Å²) in [5, 5.41) is 10.3. The second-order valence-electron chi connectivity index (χ2n) is 6.34. The quantitative estimate of drug-likeness (QED) is 0.875. The lowest BCUT2D eigenvalue weighted by Gasteiger charge is -2.47. The van der Waals surface area contributed by atoms with E-state index in [1.165, 1.54) is 0 Å². The van der Waals surface area contributed by atoms with Crippen LogP contribution in [0.1, 0.15) is 26.7 Å². The number of rotatable bonds is 4. The van der Waals surface area contributed by atoms with Crippen molar-refractivity contribution in [3.63, 3.8) is 0 Å². The fourth-order valence-corrected chi connectivity index (χ4v) is 2.83. The number of β-amino-alcohol motifs (C(OH)–C–C–N with tert-alkyl or cyclic N) is 1. The molecule has 5 nitrogen and oxygen atoms in total. The van der Waals surface area contributed by atoms with Crippen molar-refractivity contribution in [3.05, 3.63) is 22.7 Å². The molecule has 2 aliphatic rings. The maximum Gasteiger partial charge on any atom is 0.293 e. The zero-order valence-corrected chi connectivity index (χ0v) is 11.5. The molecule has 5 heteroatoms. The average Bonchev–Trinajstić information content (AvgIpc) is 3.12. The Balaban J connectivity index is 1.77. The lowest BCUT2D eigenvalue weighted by molar-refractivity contribution is -0.00994. The van der Waals surface area contributed by atoms with Crippen molar-refractivity contribution in [3.8, 4) is 0 Å². The number of aliphatic hydroxyl groups is 1. The van der Waals surface area contributed by atoms with Crippen LogP contribution in [0.25, 0.3) is 0 Å². The molecule has 1 aromatic rings. The van der Waals surface area contributed by atoms with Gasteiger partial charge in [-0.15, -0.1) is 0 Å². The largest absolute Gasteiger partial charge is 0.386 e. The molecule has 1 aliphatic heterocycles. The van der Waals surface area contributed by atoms with E-state index in [-0.39, 0.29) is 5.56 Å². The first-order valence-corrected chi connectivity index (χ1v) is 7.02. The van der Waals surface area contributed by atoms with Gasteiger partial charge < -0.3 is 14.6 Å². The molecule has 3 rings (SSSR count). The minimum atomic E-state index is -0.577. The van der Waals surface area contributed by atoms with Gasteiger partial charge in [-0.3, -0.25) is 4.79 Å². The third-order valence-electron chi connectivity index (χ3n) is 4.02. The van der Waals surface area contributed by atoms with E-state index in [0.717, 1.165) is 12.8 Å². The molecule has 1 N–H and O–H groups in total. The molecule has 1 aliphatic carbocycles. The Hall–Kier alpha value is -1.36. The topological polar surface area (TPSA) is 58.4 Å². The molecule has 0 bridgehead atoms. The van der Waals surface area contributed by atoms with Crippen LogP contribution in [0.2, 0.25) is 0 Å². The molecule has 0 aromatic carbocycles. The molecule has 0 amide bonds. The van der Waals surface area contributed by atoms with Crippen molar-refractivity contribution in [1.29, 1.82) is 0 Å². The van der Waals surface area contributed by atoms with E-state index in [1.54, 1.807) is 17.0 Å². The molecular formula is C14H21N3O2. The summed E-state index contributed by atoms with van der Waals surface area (Å²) in [6, 6.07) is 0. The van der Waals surface area contributed by atoms with Crippen LogP contribution in [0.5, 0.6) is 0 Å². The minimum absolute atomic E-state index is 0.0472. The zero-order valence-electron chi connectivity index (χ0n) is 11.5. The normalized spacial score (nSPS) is 21.6. The molecule has 2 heterocycles. The highest BCUT2D eigenvalue weighted by atomic mass is 16.3. The Bertz CT molecular complexity index is 528. The van der Waals surface area contributed by atoms with Gasteiger partial charge >= 0.3 is 0 Å². The van der Waals surface area contributed by atoms with E-state index in [2.05, 4.69) is 18.8 Å². The fourth-order valence-electron chi connectivity index (χ4n) is 2.83. The van der Waals surface area contributed by atoms with Gasteiger partial charge in [-0.2, -0.15) is 0 Å². The van der Waals surface area contributed by atoms with E-state index < -0.39 is 5.60 Å². The fraction of sp³-hybridized carbons (Fsp3) is 0.714. The van der Waals surface area contributed by atoms with Gasteiger partial charge in [-0.25, -0.2) is 4.98 Å². The van der Waals surface area contributed by atoms with Gasteiger partial charge in [0.15, 0.2) is 5.82 Å². The van der Waals surface area contributed by atoms with Crippen molar-refractivity contribution in [2.24, 2.45) is 11.8 Å². The van der Waals surface area contributed by atoms with E-state index in [1.807, 2.05) is 4.90 Å². The number of nitrogens with zero attached hydrogens (tertiary/aromatic N) is 3. The van der Waals surface area contributed by atoms with Gasteiger partial charge in [0.25, 0.3) is 5.56 Å². The van der Waals surface area contributed by atoms with Gasteiger partial charge in [0, 0.05) is 18.9 Å². The Morgan fingerprint density at radius 1 is 1.47 bits per heavy atom. The summed E-state index contributed by atoms with van der Waals surface area (Å²) in [5.74, 6) is 1.34. The van der Waals surface area contributed by atoms with Gasteiger partial charge in [0.05, 0.1) is 13.1 Å². The summed E-state index contributed by atoms with van der Waals surface area (Å²) in [6.45, 7) is 5.97. The first-order chi connectivity index (χ1) is 8.99. The monoisotopic (exact) mass is 263 g/mol. The summed E-state index contributed by atoms with van der Waals surface area (Å²) >= 11 is 0. The summed E-state index contributed by atoms with van der Waals surface area (Å²) in [7, 11) is 0. The first-order valence-electron chi connectivity index (χ1n) is 7.02. The van der Waals surface area contributed by atoms with Crippen molar-refractivity contribution in [1.82, 2.24) is 9.55 Å². The molecule has 1 aromatic heterocycles. The minimum Gasteiger partial charge on any atom is -0.386 e. The van der Waals surface area contributed by atoms with Gasteiger partial charge in [-0.1, -0.05) is 13.8 Å². The van der Waals surface area contributed by atoms with Gasteiger partial charge in [0.1, 0.15) is 5.60 Å². The smallest absolute Gasteiger partial charge is 0.293 e. The van der Waals surface area contributed by atoms with Crippen molar-refractivity contribution in [2.75, 3.05) is 18.0 Å². The summed E-state index contributed by atoms with van der Waals surface area (Å²) in [6.07, 6.45) is 5.64. The lowest BCUT2D eigenvalue weighted by Crippen LogP contribution is -2.64. The molecule has 0 unspecified atom stereocenters. The first kappa shape index (κ1) is 12.7. The highest BCUT2D eigenvalue weighted by Gasteiger charge is 2.52. The number of anilines is 1. The van der Waals surface area contributed by atoms with Crippen LogP contribution >= 0.6 is 0 Å². The molecular weight excluding hydrogens is 242 g/mol. The van der Waals surface area contributed by atoms with Gasteiger partial charge in [0.2, 0.25) is 0 Å². The zero-order chi connectivity index (χ0) is 13.6. The van der Waals surface area contributed by atoms with Crippen LogP contribution < -0.4 is 10.5 Å². The van der Waals surface area contributed by atoms with E-state index in [9.17, 15) is 9.90 Å². The molecule has 19 heavy (non-hydrogen) atoms. The molecule has 1 saturated carbocycles. The molecule has 0 radical (unpaired) electrons. The summed E-state index contributed by atoms with van der Waals surface area (Å²) < 4.78 is 1.71. The highest BCUT2D eigenvalue weighted by molar-refractivity contribution is 5.42. The Morgan fingerprint density at radius 3 is 2.74 bits per heavy atom. The Kier molecular flexibility index (Phi) is 2.89. The number of hydrogen-bond acceptors (Lipinski definition) is 4. The van der Waals surface area contributed by atoms with Crippen molar-refractivity contribution >= 4 is 5.82 Å². The van der Waals surface area contributed by atoms with Crippen LogP contribution in [0.3, 0.4) is 0 Å². The standard InChI is InChI=1S/C14H21N3O2/c1-10(2)7-16-6-5-15-12(13(16)18)17-8-14(19,9-17)11-3-4-11/h5-6,10-11,19H,3-4,7-9H2,1-2H3. The SMILES string of the molecule is CC(C)Cn1ccnc(N2CC(O)(C3CC3)C2)c1=O. The maximum absolute atomic E-state index is 12.3. The average molecular weight is 263 g/mol. The van der Waals surface area contributed by atoms with Crippen LogP contribution in [0.4, 0.5) is 5.82 Å². The van der Waals surface area contributed by atoms with E-state index in [4.69, 9.17) is 0 Å². The molecule has 104 valence electrons. The Morgan fingerprint density at radius 2 is 2.16 bits per heavy atom.